The molecule has 106 valence electrons. The van der Waals surface area contributed by atoms with Crippen molar-refractivity contribution in [3.63, 3.8) is 0 Å². The predicted octanol–water partition coefficient (Wildman–Crippen LogP) is 2.63. The lowest BCUT2D eigenvalue weighted by Gasteiger charge is -2.24. The molecule has 5 heteroatoms. The summed E-state index contributed by atoms with van der Waals surface area (Å²) in [6.07, 6.45) is 1.03. The van der Waals surface area contributed by atoms with Crippen LogP contribution in [0.25, 0.3) is 0 Å². The molecule has 0 bridgehead atoms. The van der Waals surface area contributed by atoms with E-state index in [1.54, 1.807) is 6.92 Å². The number of anilines is 1. The summed E-state index contributed by atoms with van der Waals surface area (Å²) < 4.78 is 0.912. The molecule has 1 atom stereocenters. The summed E-state index contributed by atoms with van der Waals surface area (Å²) in [6, 6.07) is 7.97. The standard InChI is InChI=1S/C15H18BrN3O/c1-11(20)19-6-5-12(10-19)9-18(2)15-4-3-14(16)7-13(15)8-17/h3-4,7,12H,5-6,9-10H2,1-2H3. The highest BCUT2D eigenvalue weighted by atomic mass is 79.9. The van der Waals surface area contributed by atoms with Crippen molar-refractivity contribution in [3.05, 3.63) is 28.2 Å². The van der Waals surface area contributed by atoms with Gasteiger partial charge in [0.25, 0.3) is 0 Å². The van der Waals surface area contributed by atoms with Gasteiger partial charge in [0.05, 0.1) is 11.3 Å². The lowest BCUT2D eigenvalue weighted by molar-refractivity contribution is -0.127. The summed E-state index contributed by atoms with van der Waals surface area (Å²) in [6.45, 7) is 4.14. The van der Waals surface area contributed by atoms with Crippen LogP contribution < -0.4 is 4.90 Å². The highest BCUT2D eigenvalue weighted by molar-refractivity contribution is 9.10. The molecule has 1 unspecified atom stereocenters. The van der Waals surface area contributed by atoms with Crippen LogP contribution in [0.1, 0.15) is 18.9 Å². The van der Waals surface area contributed by atoms with Crippen molar-refractivity contribution in [1.29, 1.82) is 5.26 Å². The van der Waals surface area contributed by atoms with Crippen LogP contribution in [0.4, 0.5) is 5.69 Å². The van der Waals surface area contributed by atoms with Gasteiger partial charge in [0.15, 0.2) is 0 Å². The summed E-state index contributed by atoms with van der Waals surface area (Å²) in [4.78, 5) is 15.4. The van der Waals surface area contributed by atoms with Crippen LogP contribution in [-0.2, 0) is 4.79 Å². The second-order valence-corrected chi connectivity index (χ2v) is 6.19. The van der Waals surface area contributed by atoms with E-state index in [1.165, 1.54) is 0 Å². The third-order valence-electron chi connectivity index (χ3n) is 3.75. The Balaban J connectivity index is 2.04. The molecule has 1 aliphatic rings. The van der Waals surface area contributed by atoms with E-state index in [1.807, 2.05) is 30.1 Å². The summed E-state index contributed by atoms with van der Waals surface area (Å²) in [5.74, 6) is 0.621. The van der Waals surface area contributed by atoms with Crippen LogP contribution in [0.2, 0.25) is 0 Å². The molecule has 1 heterocycles. The van der Waals surface area contributed by atoms with Crippen LogP contribution >= 0.6 is 15.9 Å². The van der Waals surface area contributed by atoms with Crippen LogP contribution in [0.15, 0.2) is 22.7 Å². The monoisotopic (exact) mass is 335 g/mol. The fourth-order valence-corrected chi connectivity index (χ4v) is 3.05. The smallest absolute Gasteiger partial charge is 0.219 e. The van der Waals surface area contributed by atoms with Crippen molar-refractivity contribution in [3.8, 4) is 6.07 Å². The van der Waals surface area contributed by atoms with Gasteiger partial charge in [-0.15, -0.1) is 0 Å². The summed E-state index contributed by atoms with van der Waals surface area (Å²) >= 11 is 3.38. The topological polar surface area (TPSA) is 47.3 Å². The number of rotatable bonds is 3. The molecule has 1 aliphatic heterocycles. The largest absolute Gasteiger partial charge is 0.373 e. The van der Waals surface area contributed by atoms with E-state index in [4.69, 9.17) is 0 Å². The SMILES string of the molecule is CC(=O)N1CCC(CN(C)c2ccc(Br)cc2C#N)C1. The molecule has 1 aromatic rings. The maximum Gasteiger partial charge on any atom is 0.219 e. The molecule has 1 aromatic carbocycles. The Morgan fingerprint density at radius 2 is 2.35 bits per heavy atom. The molecular formula is C15H18BrN3O. The number of halogens is 1. The maximum atomic E-state index is 11.3. The minimum atomic E-state index is 0.150. The van der Waals surface area contributed by atoms with Crippen LogP contribution in [0.3, 0.4) is 0 Å². The molecule has 0 N–H and O–H groups in total. The van der Waals surface area contributed by atoms with Gasteiger partial charge >= 0.3 is 0 Å². The van der Waals surface area contributed by atoms with Gasteiger partial charge in [0.2, 0.25) is 5.91 Å². The van der Waals surface area contributed by atoms with Gasteiger partial charge in [0, 0.05) is 38.1 Å². The Hall–Kier alpha value is -1.54. The van der Waals surface area contributed by atoms with Crippen molar-refractivity contribution < 1.29 is 4.79 Å². The van der Waals surface area contributed by atoms with Crippen molar-refractivity contribution in [2.45, 2.75) is 13.3 Å². The van der Waals surface area contributed by atoms with E-state index in [9.17, 15) is 10.1 Å². The van der Waals surface area contributed by atoms with Crippen molar-refractivity contribution in [1.82, 2.24) is 4.90 Å². The molecule has 1 amide bonds. The predicted molar refractivity (Wildman–Crippen MR) is 82.5 cm³/mol. The highest BCUT2D eigenvalue weighted by Gasteiger charge is 2.25. The zero-order valence-electron chi connectivity index (χ0n) is 11.8. The average Bonchev–Trinajstić information content (AvgIpc) is 2.87. The molecule has 0 aliphatic carbocycles. The lowest BCUT2D eigenvalue weighted by Crippen LogP contribution is -2.30. The van der Waals surface area contributed by atoms with Gasteiger partial charge in [-0.1, -0.05) is 15.9 Å². The molecule has 1 saturated heterocycles. The Bertz CT molecular complexity index is 553. The Morgan fingerprint density at radius 1 is 1.60 bits per heavy atom. The zero-order valence-corrected chi connectivity index (χ0v) is 13.4. The van der Waals surface area contributed by atoms with Gasteiger partial charge in [-0.05, 0) is 30.5 Å². The summed E-state index contributed by atoms with van der Waals surface area (Å²) in [5, 5.41) is 9.22. The second-order valence-electron chi connectivity index (χ2n) is 5.27. The molecule has 0 aromatic heterocycles. The first-order valence-corrected chi connectivity index (χ1v) is 7.47. The molecule has 4 nitrogen and oxygen atoms in total. The van der Waals surface area contributed by atoms with Gasteiger partial charge in [0.1, 0.15) is 6.07 Å². The van der Waals surface area contributed by atoms with Crippen molar-refractivity contribution >= 4 is 27.5 Å². The van der Waals surface area contributed by atoms with E-state index in [0.717, 1.165) is 36.2 Å². The molecule has 1 fully saturated rings. The highest BCUT2D eigenvalue weighted by Crippen LogP contribution is 2.25. The molecule has 0 saturated carbocycles. The fourth-order valence-electron chi connectivity index (χ4n) is 2.68. The van der Waals surface area contributed by atoms with Gasteiger partial charge < -0.3 is 9.80 Å². The van der Waals surface area contributed by atoms with E-state index in [2.05, 4.69) is 26.9 Å². The Kier molecular flexibility index (Phi) is 4.66. The number of carbonyl (C=O) groups is 1. The second kappa shape index (κ2) is 6.27. The van der Waals surface area contributed by atoms with E-state index in [0.29, 0.717) is 11.5 Å². The minimum Gasteiger partial charge on any atom is -0.373 e. The number of nitrogens with zero attached hydrogens (tertiary/aromatic N) is 3. The number of hydrogen-bond donors (Lipinski definition) is 0. The Morgan fingerprint density at radius 3 is 2.95 bits per heavy atom. The molecule has 0 spiro atoms. The number of nitriles is 1. The van der Waals surface area contributed by atoms with Crippen LogP contribution in [0.5, 0.6) is 0 Å². The van der Waals surface area contributed by atoms with Gasteiger partial charge in [-0.25, -0.2) is 0 Å². The number of benzene rings is 1. The summed E-state index contributed by atoms with van der Waals surface area (Å²) in [7, 11) is 2.00. The van der Waals surface area contributed by atoms with Gasteiger partial charge in [-0.2, -0.15) is 5.26 Å². The van der Waals surface area contributed by atoms with Crippen molar-refractivity contribution in [2.24, 2.45) is 5.92 Å². The zero-order chi connectivity index (χ0) is 14.7. The number of carbonyl (C=O) groups excluding carboxylic acids is 1. The number of hydrogen-bond acceptors (Lipinski definition) is 3. The Labute approximate surface area is 128 Å². The van der Waals surface area contributed by atoms with Crippen LogP contribution in [0, 0.1) is 17.2 Å². The molecular weight excluding hydrogens is 318 g/mol. The van der Waals surface area contributed by atoms with Gasteiger partial charge in [-0.3, -0.25) is 4.79 Å². The van der Waals surface area contributed by atoms with Crippen LogP contribution in [-0.4, -0.2) is 37.5 Å². The quantitative estimate of drug-likeness (QED) is 0.853. The average molecular weight is 336 g/mol. The third kappa shape index (κ3) is 3.31. The third-order valence-corrected chi connectivity index (χ3v) is 4.25. The molecule has 20 heavy (non-hydrogen) atoms. The molecule has 2 rings (SSSR count). The first-order valence-electron chi connectivity index (χ1n) is 6.67. The lowest BCUT2D eigenvalue weighted by atomic mass is 10.1. The van der Waals surface area contributed by atoms with E-state index < -0.39 is 0 Å². The number of likely N-dealkylation sites (tertiary alicyclic amines) is 1. The molecule has 0 radical (unpaired) electrons. The summed E-state index contributed by atoms with van der Waals surface area (Å²) in [5.41, 5.74) is 1.61. The van der Waals surface area contributed by atoms with Crippen molar-refractivity contribution in [2.75, 3.05) is 31.6 Å². The minimum absolute atomic E-state index is 0.150. The normalized spacial score (nSPS) is 17.9. The first kappa shape index (κ1) is 14.9. The van der Waals surface area contributed by atoms with E-state index >= 15 is 0 Å². The number of amides is 1. The van der Waals surface area contributed by atoms with E-state index in [-0.39, 0.29) is 5.91 Å². The maximum absolute atomic E-state index is 11.3. The fraction of sp³-hybridized carbons (Fsp3) is 0.467. The first-order chi connectivity index (χ1) is 9.51.